The standard InChI is InChI=1S/C10H16N2O/c13-10(4-7-11-8-5-10)9-3-1-2-6-12-9/h1-3,11-13H,4-8H2. The second-order valence-corrected chi connectivity index (χ2v) is 3.67. The summed E-state index contributed by atoms with van der Waals surface area (Å²) in [6, 6.07) is 0. The Morgan fingerprint density at radius 2 is 2.08 bits per heavy atom. The summed E-state index contributed by atoms with van der Waals surface area (Å²) in [5.74, 6) is 0. The Morgan fingerprint density at radius 3 is 2.69 bits per heavy atom. The van der Waals surface area contributed by atoms with Gasteiger partial charge in [-0.15, -0.1) is 0 Å². The number of piperidine rings is 1. The lowest BCUT2D eigenvalue weighted by Gasteiger charge is -2.35. The fourth-order valence-corrected chi connectivity index (χ4v) is 1.89. The Labute approximate surface area is 78.5 Å². The van der Waals surface area contributed by atoms with Crippen LogP contribution in [0.15, 0.2) is 23.9 Å². The molecular weight excluding hydrogens is 164 g/mol. The molecule has 0 amide bonds. The smallest absolute Gasteiger partial charge is 0.106 e. The number of dihydropyridines is 1. The summed E-state index contributed by atoms with van der Waals surface area (Å²) in [7, 11) is 0. The van der Waals surface area contributed by atoms with Crippen LogP contribution in [0.4, 0.5) is 0 Å². The fourth-order valence-electron chi connectivity index (χ4n) is 1.89. The zero-order chi connectivity index (χ0) is 9.15. The molecule has 0 spiro atoms. The van der Waals surface area contributed by atoms with E-state index in [2.05, 4.69) is 10.6 Å². The summed E-state index contributed by atoms with van der Waals surface area (Å²) < 4.78 is 0. The van der Waals surface area contributed by atoms with E-state index >= 15 is 0 Å². The number of aliphatic hydroxyl groups is 1. The first-order valence-electron chi connectivity index (χ1n) is 4.85. The van der Waals surface area contributed by atoms with Crippen LogP contribution < -0.4 is 10.6 Å². The summed E-state index contributed by atoms with van der Waals surface area (Å²) >= 11 is 0. The second-order valence-electron chi connectivity index (χ2n) is 3.67. The molecule has 0 unspecified atom stereocenters. The van der Waals surface area contributed by atoms with Gasteiger partial charge in [0, 0.05) is 12.2 Å². The first-order valence-corrected chi connectivity index (χ1v) is 4.85. The molecule has 3 N–H and O–H groups in total. The van der Waals surface area contributed by atoms with Gasteiger partial charge in [0.15, 0.2) is 0 Å². The van der Waals surface area contributed by atoms with E-state index in [4.69, 9.17) is 0 Å². The van der Waals surface area contributed by atoms with Crippen molar-refractivity contribution >= 4 is 0 Å². The van der Waals surface area contributed by atoms with Crippen molar-refractivity contribution in [3.63, 3.8) is 0 Å². The van der Waals surface area contributed by atoms with E-state index in [0.29, 0.717) is 0 Å². The van der Waals surface area contributed by atoms with Gasteiger partial charge in [0.2, 0.25) is 0 Å². The van der Waals surface area contributed by atoms with Crippen molar-refractivity contribution in [3.8, 4) is 0 Å². The van der Waals surface area contributed by atoms with Gasteiger partial charge in [-0.25, -0.2) is 0 Å². The maximum Gasteiger partial charge on any atom is 0.106 e. The van der Waals surface area contributed by atoms with Crippen molar-refractivity contribution in [2.75, 3.05) is 19.6 Å². The van der Waals surface area contributed by atoms with Crippen molar-refractivity contribution in [2.24, 2.45) is 0 Å². The highest BCUT2D eigenvalue weighted by molar-refractivity contribution is 5.25. The third kappa shape index (κ3) is 1.76. The van der Waals surface area contributed by atoms with Gasteiger partial charge in [-0.1, -0.05) is 12.2 Å². The first-order chi connectivity index (χ1) is 6.31. The molecule has 0 bridgehead atoms. The molecule has 0 saturated carbocycles. The van der Waals surface area contributed by atoms with Crippen molar-refractivity contribution in [1.82, 2.24) is 10.6 Å². The van der Waals surface area contributed by atoms with Crippen LogP contribution in [0.1, 0.15) is 12.8 Å². The molecule has 72 valence electrons. The maximum atomic E-state index is 10.3. The Bertz CT molecular complexity index is 239. The number of allylic oxidation sites excluding steroid dienone is 2. The molecule has 0 aromatic heterocycles. The molecule has 2 heterocycles. The fraction of sp³-hybridized carbons (Fsp3) is 0.600. The number of rotatable bonds is 1. The molecule has 0 atom stereocenters. The Morgan fingerprint density at radius 1 is 1.31 bits per heavy atom. The van der Waals surface area contributed by atoms with E-state index in [1.807, 2.05) is 18.2 Å². The zero-order valence-electron chi connectivity index (χ0n) is 7.71. The number of hydrogen-bond acceptors (Lipinski definition) is 3. The SMILES string of the molecule is OC1(C2=CC=CCN2)CCNCC1. The number of nitrogens with one attached hydrogen (secondary N) is 2. The van der Waals surface area contributed by atoms with Gasteiger partial charge in [-0.2, -0.15) is 0 Å². The highest BCUT2D eigenvalue weighted by Crippen LogP contribution is 2.25. The summed E-state index contributed by atoms with van der Waals surface area (Å²) in [5.41, 5.74) is 0.368. The lowest BCUT2D eigenvalue weighted by atomic mass is 9.88. The summed E-state index contributed by atoms with van der Waals surface area (Å²) in [5, 5.41) is 16.8. The minimum absolute atomic E-state index is 0.615. The van der Waals surface area contributed by atoms with Gasteiger partial charge in [0.1, 0.15) is 5.60 Å². The molecule has 3 nitrogen and oxygen atoms in total. The first kappa shape index (κ1) is 8.78. The van der Waals surface area contributed by atoms with Gasteiger partial charge >= 0.3 is 0 Å². The minimum Gasteiger partial charge on any atom is -0.384 e. The largest absolute Gasteiger partial charge is 0.384 e. The molecule has 1 saturated heterocycles. The van der Waals surface area contributed by atoms with E-state index < -0.39 is 5.60 Å². The van der Waals surface area contributed by atoms with Gasteiger partial charge in [-0.05, 0) is 32.0 Å². The third-order valence-corrected chi connectivity index (χ3v) is 2.74. The average molecular weight is 180 g/mol. The molecule has 2 aliphatic rings. The molecule has 1 fully saturated rings. The highest BCUT2D eigenvalue weighted by atomic mass is 16.3. The van der Waals surface area contributed by atoms with E-state index in [1.54, 1.807) is 0 Å². The van der Waals surface area contributed by atoms with Crippen molar-refractivity contribution in [3.05, 3.63) is 23.9 Å². The molecule has 2 aliphatic heterocycles. The second kappa shape index (κ2) is 3.52. The van der Waals surface area contributed by atoms with Crippen LogP contribution in [0.3, 0.4) is 0 Å². The zero-order valence-corrected chi connectivity index (χ0v) is 7.71. The average Bonchev–Trinajstić information content (AvgIpc) is 2.20. The van der Waals surface area contributed by atoms with Gasteiger partial charge in [0.05, 0.1) is 0 Å². The monoisotopic (exact) mass is 180 g/mol. The quantitative estimate of drug-likeness (QED) is 0.538. The molecule has 0 aliphatic carbocycles. The molecule has 3 heteroatoms. The van der Waals surface area contributed by atoms with E-state index in [9.17, 15) is 5.11 Å². The predicted molar refractivity (Wildman–Crippen MR) is 52.3 cm³/mol. The van der Waals surface area contributed by atoms with Gasteiger partial charge in [-0.3, -0.25) is 0 Å². The van der Waals surface area contributed by atoms with Crippen LogP contribution in [0, 0.1) is 0 Å². The summed E-state index contributed by atoms with van der Waals surface area (Å²) in [4.78, 5) is 0. The van der Waals surface area contributed by atoms with Crippen LogP contribution in [0.5, 0.6) is 0 Å². The lowest BCUT2D eigenvalue weighted by molar-refractivity contribution is 0.0400. The Hall–Kier alpha value is -0.800. The molecule has 0 aromatic carbocycles. The molecule has 13 heavy (non-hydrogen) atoms. The Balaban J connectivity index is 2.12. The van der Waals surface area contributed by atoms with Crippen LogP contribution in [0.25, 0.3) is 0 Å². The lowest BCUT2D eigenvalue weighted by Crippen LogP contribution is -2.47. The van der Waals surface area contributed by atoms with Crippen LogP contribution in [0.2, 0.25) is 0 Å². The van der Waals surface area contributed by atoms with Crippen molar-refractivity contribution in [2.45, 2.75) is 18.4 Å². The molecule has 0 radical (unpaired) electrons. The highest BCUT2D eigenvalue weighted by Gasteiger charge is 2.33. The third-order valence-electron chi connectivity index (χ3n) is 2.74. The topological polar surface area (TPSA) is 44.3 Å². The van der Waals surface area contributed by atoms with Crippen LogP contribution in [-0.2, 0) is 0 Å². The summed E-state index contributed by atoms with van der Waals surface area (Å²) in [6.07, 6.45) is 7.65. The maximum absolute atomic E-state index is 10.3. The summed E-state index contributed by atoms with van der Waals surface area (Å²) in [6.45, 7) is 2.64. The predicted octanol–water partition coefficient (Wildman–Crippen LogP) is 0.144. The molecular formula is C10H16N2O. The van der Waals surface area contributed by atoms with Crippen LogP contribution in [-0.4, -0.2) is 30.3 Å². The van der Waals surface area contributed by atoms with Crippen LogP contribution >= 0.6 is 0 Å². The van der Waals surface area contributed by atoms with E-state index in [0.717, 1.165) is 38.2 Å². The number of hydrogen-bond donors (Lipinski definition) is 3. The van der Waals surface area contributed by atoms with Gasteiger partial charge < -0.3 is 15.7 Å². The minimum atomic E-state index is -0.615. The normalized spacial score (nSPS) is 26.4. The van der Waals surface area contributed by atoms with E-state index in [1.165, 1.54) is 0 Å². The Kier molecular flexibility index (Phi) is 2.38. The van der Waals surface area contributed by atoms with Crippen molar-refractivity contribution < 1.29 is 5.11 Å². The van der Waals surface area contributed by atoms with E-state index in [-0.39, 0.29) is 0 Å². The molecule has 2 rings (SSSR count). The van der Waals surface area contributed by atoms with Crippen molar-refractivity contribution in [1.29, 1.82) is 0 Å². The van der Waals surface area contributed by atoms with Gasteiger partial charge in [0.25, 0.3) is 0 Å². The molecule has 0 aromatic rings.